The molecular weight excluding hydrogens is 190 g/mol. The quantitative estimate of drug-likeness (QED) is 0.709. The molecule has 3 nitrogen and oxygen atoms in total. The Hall–Kier alpha value is -0.570. The molecule has 0 heterocycles. The van der Waals surface area contributed by atoms with Crippen LogP contribution in [-0.4, -0.2) is 24.2 Å². The second-order valence-corrected chi connectivity index (χ2v) is 4.46. The van der Waals surface area contributed by atoms with E-state index >= 15 is 0 Å². The number of rotatable bonds is 4. The lowest BCUT2D eigenvalue weighted by atomic mass is 9.81. The Balaban J connectivity index is 0. The molecule has 0 fully saturated rings. The summed E-state index contributed by atoms with van der Waals surface area (Å²) in [5.74, 6) is 0.0761. The Morgan fingerprint density at radius 2 is 1.80 bits per heavy atom. The number of aliphatic hydroxyl groups excluding tert-OH is 1. The largest absolute Gasteiger partial charge is 0.396 e. The van der Waals surface area contributed by atoms with Gasteiger partial charge in [-0.05, 0) is 11.8 Å². The number of carbonyl (C=O) groups excluding carboxylic acids is 1. The zero-order chi connectivity index (χ0) is 12.5. The summed E-state index contributed by atoms with van der Waals surface area (Å²) in [6.45, 7) is 12.8. The van der Waals surface area contributed by atoms with Crippen LogP contribution in [0.15, 0.2) is 0 Å². The Labute approximate surface area is 94.3 Å². The molecule has 3 heteroatoms. The second-order valence-electron chi connectivity index (χ2n) is 4.46. The van der Waals surface area contributed by atoms with Crippen molar-refractivity contribution >= 4 is 5.91 Å². The fraction of sp³-hybridized carbons (Fsp3) is 0.917. The molecule has 0 rings (SSSR count). The van der Waals surface area contributed by atoms with Crippen LogP contribution in [0.4, 0.5) is 0 Å². The molecule has 0 aliphatic rings. The van der Waals surface area contributed by atoms with E-state index < -0.39 is 0 Å². The van der Waals surface area contributed by atoms with Crippen LogP contribution in [-0.2, 0) is 4.79 Å². The van der Waals surface area contributed by atoms with Crippen molar-refractivity contribution in [2.45, 2.75) is 48.0 Å². The third-order valence-corrected chi connectivity index (χ3v) is 2.33. The SMILES string of the molecule is CC.CC(C(=O)NCCCO)C(C)(C)C. The van der Waals surface area contributed by atoms with Crippen LogP contribution in [0.5, 0.6) is 0 Å². The first-order valence-electron chi connectivity index (χ1n) is 5.78. The van der Waals surface area contributed by atoms with E-state index in [9.17, 15) is 4.79 Å². The lowest BCUT2D eigenvalue weighted by Gasteiger charge is -2.25. The van der Waals surface area contributed by atoms with Crippen molar-refractivity contribution in [1.29, 1.82) is 0 Å². The Bertz CT molecular complexity index is 161. The molecule has 0 radical (unpaired) electrons. The molecule has 0 aromatic heterocycles. The summed E-state index contributed by atoms with van der Waals surface area (Å²) in [4.78, 5) is 11.5. The normalized spacial score (nSPS) is 12.5. The van der Waals surface area contributed by atoms with E-state index in [-0.39, 0.29) is 23.8 Å². The highest BCUT2D eigenvalue weighted by molar-refractivity contribution is 5.78. The van der Waals surface area contributed by atoms with Gasteiger partial charge in [0, 0.05) is 19.1 Å². The van der Waals surface area contributed by atoms with Gasteiger partial charge in [0.15, 0.2) is 0 Å². The topological polar surface area (TPSA) is 49.3 Å². The minimum Gasteiger partial charge on any atom is -0.396 e. The first-order chi connectivity index (χ1) is 6.89. The van der Waals surface area contributed by atoms with Crippen molar-refractivity contribution in [3.05, 3.63) is 0 Å². The van der Waals surface area contributed by atoms with Crippen LogP contribution in [0.2, 0.25) is 0 Å². The Morgan fingerprint density at radius 3 is 2.13 bits per heavy atom. The maximum Gasteiger partial charge on any atom is 0.223 e. The van der Waals surface area contributed by atoms with E-state index in [2.05, 4.69) is 5.32 Å². The molecule has 15 heavy (non-hydrogen) atoms. The van der Waals surface area contributed by atoms with Gasteiger partial charge in [-0.15, -0.1) is 0 Å². The number of aliphatic hydroxyl groups is 1. The molecule has 0 aromatic carbocycles. The van der Waals surface area contributed by atoms with Crippen molar-refractivity contribution in [3.63, 3.8) is 0 Å². The smallest absolute Gasteiger partial charge is 0.223 e. The van der Waals surface area contributed by atoms with Gasteiger partial charge in [-0.2, -0.15) is 0 Å². The molecule has 2 N–H and O–H groups in total. The number of carbonyl (C=O) groups is 1. The van der Waals surface area contributed by atoms with Gasteiger partial charge < -0.3 is 10.4 Å². The number of amides is 1. The minimum atomic E-state index is 0.00327. The monoisotopic (exact) mass is 217 g/mol. The standard InChI is InChI=1S/C10H21NO2.C2H6/c1-8(10(2,3)4)9(13)11-6-5-7-12;1-2/h8,12H,5-7H2,1-4H3,(H,11,13);1-2H3. The maximum atomic E-state index is 11.5. The van der Waals surface area contributed by atoms with Gasteiger partial charge in [-0.3, -0.25) is 4.79 Å². The van der Waals surface area contributed by atoms with Gasteiger partial charge in [-0.25, -0.2) is 0 Å². The van der Waals surface area contributed by atoms with E-state index in [1.807, 2.05) is 41.5 Å². The summed E-state index contributed by atoms with van der Waals surface area (Å²) in [6.07, 6.45) is 0.628. The van der Waals surface area contributed by atoms with Gasteiger partial charge in [0.2, 0.25) is 5.91 Å². The van der Waals surface area contributed by atoms with Crippen LogP contribution in [0.25, 0.3) is 0 Å². The highest BCUT2D eigenvalue weighted by Crippen LogP contribution is 2.24. The van der Waals surface area contributed by atoms with E-state index in [4.69, 9.17) is 5.11 Å². The molecule has 1 atom stereocenters. The fourth-order valence-electron chi connectivity index (χ4n) is 0.837. The Morgan fingerprint density at radius 1 is 1.33 bits per heavy atom. The molecule has 0 bridgehead atoms. The first-order valence-corrected chi connectivity index (χ1v) is 5.78. The van der Waals surface area contributed by atoms with Crippen molar-refractivity contribution in [1.82, 2.24) is 5.32 Å². The summed E-state index contributed by atoms with van der Waals surface area (Å²) in [5.41, 5.74) is 0.00327. The average molecular weight is 217 g/mol. The average Bonchev–Trinajstić information content (AvgIpc) is 2.18. The zero-order valence-corrected chi connectivity index (χ0v) is 11.1. The van der Waals surface area contributed by atoms with Crippen molar-refractivity contribution in [2.75, 3.05) is 13.2 Å². The molecule has 92 valence electrons. The fourth-order valence-corrected chi connectivity index (χ4v) is 0.837. The third kappa shape index (κ3) is 8.43. The minimum absolute atomic E-state index is 0.00327. The molecule has 0 aliphatic carbocycles. The lowest BCUT2D eigenvalue weighted by Crippen LogP contribution is -2.36. The van der Waals surface area contributed by atoms with Crippen LogP contribution in [0.1, 0.15) is 48.0 Å². The first kappa shape index (κ1) is 16.8. The molecule has 0 saturated carbocycles. The van der Waals surface area contributed by atoms with Gasteiger partial charge in [0.25, 0.3) is 0 Å². The summed E-state index contributed by atoms with van der Waals surface area (Å²) >= 11 is 0. The molecule has 0 spiro atoms. The van der Waals surface area contributed by atoms with Gasteiger partial charge >= 0.3 is 0 Å². The third-order valence-electron chi connectivity index (χ3n) is 2.33. The van der Waals surface area contributed by atoms with Crippen LogP contribution in [0, 0.1) is 11.3 Å². The molecule has 0 saturated heterocycles. The number of nitrogens with one attached hydrogen (secondary N) is 1. The van der Waals surface area contributed by atoms with E-state index in [0.29, 0.717) is 13.0 Å². The summed E-state index contributed by atoms with van der Waals surface area (Å²) in [6, 6.07) is 0. The van der Waals surface area contributed by atoms with Gasteiger partial charge in [0.05, 0.1) is 0 Å². The molecule has 1 unspecified atom stereocenters. The van der Waals surface area contributed by atoms with Crippen LogP contribution in [0.3, 0.4) is 0 Å². The summed E-state index contributed by atoms with van der Waals surface area (Å²) in [5, 5.41) is 11.3. The molecular formula is C12H27NO2. The zero-order valence-electron chi connectivity index (χ0n) is 11.1. The summed E-state index contributed by atoms with van der Waals surface area (Å²) < 4.78 is 0. The van der Waals surface area contributed by atoms with Crippen LogP contribution < -0.4 is 5.32 Å². The van der Waals surface area contributed by atoms with Gasteiger partial charge in [0.1, 0.15) is 0 Å². The Kier molecular flexibility index (Phi) is 9.79. The molecule has 1 amide bonds. The predicted octanol–water partition coefficient (Wildman–Crippen LogP) is 2.19. The van der Waals surface area contributed by atoms with Crippen molar-refractivity contribution in [3.8, 4) is 0 Å². The predicted molar refractivity (Wildman–Crippen MR) is 64.7 cm³/mol. The van der Waals surface area contributed by atoms with Crippen molar-refractivity contribution < 1.29 is 9.90 Å². The number of hydrogen-bond acceptors (Lipinski definition) is 2. The lowest BCUT2D eigenvalue weighted by molar-refractivity contribution is -0.127. The van der Waals surface area contributed by atoms with E-state index in [1.165, 1.54) is 0 Å². The highest BCUT2D eigenvalue weighted by Gasteiger charge is 2.26. The molecule has 0 aromatic rings. The van der Waals surface area contributed by atoms with Crippen molar-refractivity contribution in [2.24, 2.45) is 11.3 Å². The van der Waals surface area contributed by atoms with Crippen LogP contribution >= 0.6 is 0 Å². The maximum absolute atomic E-state index is 11.5. The summed E-state index contributed by atoms with van der Waals surface area (Å²) in [7, 11) is 0. The van der Waals surface area contributed by atoms with E-state index in [1.54, 1.807) is 0 Å². The molecule has 0 aliphatic heterocycles. The highest BCUT2D eigenvalue weighted by atomic mass is 16.3. The van der Waals surface area contributed by atoms with Gasteiger partial charge in [-0.1, -0.05) is 41.5 Å². The van der Waals surface area contributed by atoms with E-state index in [0.717, 1.165) is 0 Å². The second kappa shape index (κ2) is 8.72. The number of hydrogen-bond donors (Lipinski definition) is 2.